The summed E-state index contributed by atoms with van der Waals surface area (Å²) in [5, 5.41) is 0.188. The minimum Gasteiger partial charge on any atom is -0.354 e. The number of nitrogens with one attached hydrogen (secondary N) is 1. The molecule has 0 fully saturated rings. The van der Waals surface area contributed by atoms with Gasteiger partial charge in [-0.3, -0.25) is 4.98 Å². The van der Waals surface area contributed by atoms with Crippen molar-refractivity contribution in [1.82, 2.24) is 9.97 Å². The zero-order chi connectivity index (χ0) is 15.2. The van der Waals surface area contributed by atoms with E-state index in [0.29, 0.717) is 22.3 Å². The summed E-state index contributed by atoms with van der Waals surface area (Å²) >= 11 is 5.97. The quantitative estimate of drug-likeness (QED) is 0.626. The topological polar surface area (TPSA) is 28.7 Å². The van der Waals surface area contributed by atoms with Gasteiger partial charge in [-0.15, -0.1) is 0 Å². The molecule has 2 heterocycles. The molecule has 7 heteroatoms. The zero-order valence-corrected chi connectivity index (χ0v) is 11.1. The average Bonchev–Trinajstić information content (AvgIpc) is 2.83. The molecule has 3 rings (SSSR count). The molecule has 0 unspecified atom stereocenters. The number of aromatic amines is 1. The third kappa shape index (κ3) is 2.35. The van der Waals surface area contributed by atoms with Crippen LogP contribution >= 0.6 is 11.6 Å². The Morgan fingerprint density at radius 2 is 1.90 bits per heavy atom. The van der Waals surface area contributed by atoms with Crippen LogP contribution in [0.25, 0.3) is 22.2 Å². The van der Waals surface area contributed by atoms with Crippen LogP contribution < -0.4 is 0 Å². The van der Waals surface area contributed by atoms with Crippen molar-refractivity contribution in [2.45, 2.75) is 6.18 Å². The Morgan fingerprint density at radius 3 is 2.57 bits per heavy atom. The van der Waals surface area contributed by atoms with Gasteiger partial charge in [0.05, 0.1) is 10.6 Å². The second-order valence-corrected chi connectivity index (χ2v) is 4.83. The van der Waals surface area contributed by atoms with Gasteiger partial charge in [0.15, 0.2) is 0 Å². The SMILES string of the molecule is Fc1c(C(F)(F)F)ccc2[nH]c(-c3ccncc3Cl)cc12. The molecule has 0 spiro atoms. The van der Waals surface area contributed by atoms with Gasteiger partial charge in [0, 0.05) is 34.6 Å². The first-order chi connectivity index (χ1) is 9.88. The fraction of sp³-hybridized carbons (Fsp3) is 0.0714. The molecule has 1 N–H and O–H groups in total. The van der Waals surface area contributed by atoms with Crippen LogP contribution in [0.1, 0.15) is 5.56 Å². The number of H-pyrrole nitrogens is 1. The van der Waals surface area contributed by atoms with Crippen LogP contribution in [0.4, 0.5) is 17.6 Å². The summed E-state index contributed by atoms with van der Waals surface area (Å²) in [4.78, 5) is 6.67. The monoisotopic (exact) mass is 314 g/mol. The molecular formula is C14H7ClF4N2. The van der Waals surface area contributed by atoms with E-state index in [1.165, 1.54) is 24.5 Å². The highest BCUT2D eigenvalue weighted by Gasteiger charge is 2.34. The zero-order valence-electron chi connectivity index (χ0n) is 10.3. The van der Waals surface area contributed by atoms with Crippen molar-refractivity contribution in [3.8, 4) is 11.3 Å². The lowest BCUT2D eigenvalue weighted by Crippen LogP contribution is -2.07. The van der Waals surface area contributed by atoms with Crippen molar-refractivity contribution in [2.75, 3.05) is 0 Å². The Hall–Kier alpha value is -2.08. The number of alkyl halides is 3. The molecule has 0 aliphatic carbocycles. The summed E-state index contributed by atoms with van der Waals surface area (Å²) < 4.78 is 52.1. The number of pyridine rings is 1. The minimum absolute atomic E-state index is 0.132. The first kappa shape index (κ1) is 13.9. The van der Waals surface area contributed by atoms with Crippen molar-refractivity contribution >= 4 is 22.5 Å². The predicted molar refractivity (Wildman–Crippen MR) is 71.5 cm³/mol. The van der Waals surface area contributed by atoms with E-state index in [4.69, 9.17) is 11.6 Å². The van der Waals surface area contributed by atoms with Crippen LogP contribution in [-0.2, 0) is 6.18 Å². The number of fused-ring (bicyclic) bond motifs is 1. The molecule has 0 atom stereocenters. The molecule has 1 aromatic carbocycles. The second kappa shape index (κ2) is 4.73. The second-order valence-electron chi connectivity index (χ2n) is 4.42. The van der Waals surface area contributed by atoms with Gasteiger partial charge in [0.25, 0.3) is 0 Å². The molecule has 2 nitrogen and oxygen atoms in total. The van der Waals surface area contributed by atoms with Crippen LogP contribution in [0.5, 0.6) is 0 Å². The van der Waals surface area contributed by atoms with Crippen LogP contribution in [0.3, 0.4) is 0 Å². The number of rotatable bonds is 1. The Balaban J connectivity index is 2.22. The third-order valence-electron chi connectivity index (χ3n) is 3.11. The molecule has 108 valence electrons. The summed E-state index contributed by atoms with van der Waals surface area (Å²) in [7, 11) is 0. The molecule has 0 amide bonds. The minimum atomic E-state index is -4.73. The summed E-state index contributed by atoms with van der Waals surface area (Å²) in [6.45, 7) is 0. The maximum absolute atomic E-state index is 14.0. The Bertz CT molecular complexity index is 823. The lowest BCUT2D eigenvalue weighted by atomic mass is 10.1. The molecule has 0 saturated carbocycles. The lowest BCUT2D eigenvalue weighted by molar-refractivity contribution is -0.139. The fourth-order valence-electron chi connectivity index (χ4n) is 2.13. The Kier molecular flexibility index (Phi) is 3.13. The molecular weight excluding hydrogens is 308 g/mol. The normalized spacial score (nSPS) is 12.0. The number of nitrogens with zero attached hydrogens (tertiary/aromatic N) is 1. The van der Waals surface area contributed by atoms with Crippen molar-refractivity contribution < 1.29 is 17.6 Å². The van der Waals surface area contributed by atoms with Gasteiger partial charge in [-0.05, 0) is 24.3 Å². The van der Waals surface area contributed by atoms with E-state index in [0.717, 1.165) is 0 Å². The van der Waals surface area contributed by atoms with Crippen LogP contribution in [0.2, 0.25) is 5.02 Å². The first-order valence-corrected chi connectivity index (χ1v) is 6.24. The average molecular weight is 315 g/mol. The highest BCUT2D eigenvalue weighted by molar-refractivity contribution is 6.33. The number of hydrogen-bond acceptors (Lipinski definition) is 1. The van der Waals surface area contributed by atoms with Gasteiger partial charge in [-0.2, -0.15) is 13.2 Å². The van der Waals surface area contributed by atoms with Crippen molar-refractivity contribution in [3.05, 3.63) is 53.1 Å². The molecule has 3 aromatic rings. The summed E-state index contributed by atoms with van der Waals surface area (Å²) in [5.74, 6) is -1.30. The number of halogens is 5. The highest BCUT2D eigenvalue weighted by atomic mass is 35.5. The molecule has 21 heavy (non-hydrogen) atoms. The number of benzene rings is 1. The van der Waals surface area contributed by atoms with Crippen molar-refractivity contribution in [3.63, 3.8) is 0 Å². The fourth-order valence-corrected chi connectivity index (χ4v) is 2.35. The Morgan fingerprint density at radius 1 is 1.14 bits per heavy atom. The molecule has 0 aliphatic rings. The van der Waals surface area contributed by atoms with Crippen LogP contribution in [0, 0.1) is 5.82 Å². The third-order valence-corrected chi connectivity index (χ3v) is 3.41. The van der Waals surface area contributed by atoms with Crippen LogP contribution in [0.15, 0.2) is 36.7 Å². The van der Waals surface area contributed by atoms with E-state index in [-0.39, 0.29) is 10.9 Å². The highest BCUT2D eigenvalue weighted by Crippen LogP contribution is 2.36. The van der Waals surface area contributed by atoms with E-state index < -0.39 is 17.6 Å². The van der Waals surface area contributed by atoms with Gasteiger partial charge in [0.1, 0.15) is 5.82 Å². The van der Waals surface area contributed by atoms with E-state index >= 15 is 0 Å². The largest absolute Gasteiger partial charge is 0.419 e. The van der Waals surface area contributed by atoms with E-state index in [1.807, 2.05) is 0 Å². The van der Waals surface area contributed by atoms with Crippen LogP contribution in [-0.4, -0.2) is 9.97 Å². The summed E-state index contributed by atoms with van der Waals surface area (Å²) in [5.41, 5.74) is -0.0591. The van der Waals surface area contributed by atoms with Gasteiger partial charge < -0.3 is 4.98 Å². The van der Waals surface area contributed by atoms with E-state index in [2.05, 4.69) is 9.97 Å². The van der Waals surface area contributed by atoms with Gasteiger partial charge in [-0.1, -0.05) is 11.6 Å². The number of aromatic nitrogens is 2. The smallest absolute Gasteiger partial charge is 0.354 e. The molecule has 0 bridgehead atoms. The lowest BCUT2D eigenvalue weighted by Gasteiger charge is -2.07. The maximum Gasteiger partial charge on any atom is 0.419 e. The first-order valence-electron chi connectivity index (χ1n) is 5.86. The van der Waals surface area contributed by atoms with Gasteiger partial charge >= 0.3 is 6.18 Å². The van der Waals surface area contributed by atoms with Crippen molar-refractivity contribution in [2.24, 2.45) is 0 Å². The Labute approximate surface area is 121 Å². The number of hydrogen-bond donors (Lipinski definition) is 1. The summed E-state index contributed by atoms with van der Waals surface area (Å²) in [6, 6.07) is 4.81. The van der Waals surface area contributed by atoms with E-state index in [9.17, 15) is 17.6 Å². The molecule has 2 aromatic heterocycles. The maximum atomic E-state index is 14.0. The predicted octanol–water partition coefficient (Wildman–Crippen LogP) is 5.04. The summed E-state index contributed by atoms with van der Waals surface area (Å²) in [6.07, 6.45) is -1.84. The van der Waals surface area contributed by atoms with Crippen molar-refractivity contribution in [1.29, 1.82) is 0 Å². The van der Waals surface area contributed by atoms with Gasteiger partial charge in [-0.25, -0.2) is 4.39 Å². The molecule has 0 radical (unpaired) electrons. The van der Waals surface area contributed by atoms with E-state index in [1.54, 1.807) is 6.07 Å². The standard InChI is InChI=1S/C14H7ClF4N2/c15-10-6-20-4-3-7(10)12-5-8-11(21-12)2-1-9(13(8)16)14(17,18)19/h1-6,21H. The molecule has 0 saturated heterocycles. The molecule has 0 aliphatic heterocycles. The van der Waals surface area contributed by atoms with Gasteiger partial charge in [0.2, 0.25) is 0 Å².